The lowest BCUT2D eigenvalue weighted by molar-refractivity contribution is -0.137. The monoisotopic (exact) mass is 1220 g/mol. The molecule has 4 N–H and O–H groups in total. The lowest BCUT2D eigenvalue weighted by Crippen LogP contribution is -2.51. The van der Waals surface area contributed by atoms with E-state index in [2.05, 4.69) is 53.9 Å². The summed E-state index contributed by atoms with van der Waals surface area (Å²) < 4.78 is 110. The number of anilines is 2. The van der Waals surface area contributed by atoms with Crippen molar-refractivity contribution in [2.45, 2.75) is 86.4 Å². The molecule has 19 nitrogen and oxygen atoms in total. The maximum absolute atomic E-state index is 14.2. The van der Waals surface area contributed by atoms with Crippen LogP contribution in [-0.4, -0.2) is 180 Å². The van der Waals surface area contributed by atoms with E-state index < -0.39 is 52.7 Å². The lowest BCUT2D eigenvalue weighted by Gasteiger charge is -2.44. The van der Waals surface area contributed by atoms with Crippen LogP contribution in [0.4, 0.5) is 24.5 Å². The number of piperazine rings is 2. The van der Waals surface area contributed by atoms with Gasteiger partial charge in [0, 0.05) is 126 Å². The number of rotatable bonds is 24. The highest BCUT2D eigenvalue weighted by molar-refractivity contribution is 7.92. The van der Waals surface area contributed by atoms with Gasteiger partial charge in [-0.05, 0) is 116 Å². The van der Waals surface area contributed by atoms with Crippen molar-refractivity contribution in [2.75, 3.05) is 115 Å². The molecular formula is C59H73ClF3N9O10S2. The predicted octanol–water partition coefficient (Wildman–Crippen LogP) is 8.89. The number of sulfonamides is 1. The zero-order chi connectivity index (χ0) is 59.7. The van der Waals surface area contributed by atoms with Gasteiger partial charge in [-0.1, -0.05) is 49.1 Å². The number of morpholine rings is 1. The van der Waals surface area contributed by atoms with Crippen LogP contribution in [0.5, 0.6) is 11.5 Å². The first kappa shape index (κ1) is 62.3. The van der Waals surface area contributed by atoms with Gasteiger partial charge in [-0.3, -0.25) is 29.1 Å². The number of alkyl halides is 3. The van der Waals surface area contributed by atoms with Gasteiger partial charge in [-0.2, -0.15) is 13.2 Å². The Bertz CT molecular complexity index is 3400. The number of carboxylic acid groups (broad SMARTS) is 1. The van der Waals surface area contributed by atoms with E-state index in [0.29, 0.717) is 119 Å². The van der Waals surface area contributed by atoms with E-state index in [9.17, 15) is 44.4 Å². The van der Waals surface area contributed by atoms with Crippen LogP contribution in [0.2, 0.25) is 5.02 Å². The number of carbonyl (C=O) groups is 3. The minimum Gasteiger partial charge on any atom is -0.481 e. The molecule has 0 radical (unpaired) electrons. The van der Waals surface area contributed by atoms with Crippen molar-refractivity contribution in [1.29, 1.82) is 0 Å². The number of fused-ring (bicyclic) bond motifs is 1. The van der Waals surface area contributed by atoms with Gasteiger partial charge in [0.1, 0.15) is 22.0 Å². The van der Waals surface area contributed by atoms with Crippen molar-refractivity contribution in [3.63, 3.8) is 0 Å². The molecule has 5 heterocycles. The van der Waals surface area contributed by atoms with Crippen molar-refractivity contribution >= 4 is 77.2 Å². The smallest absolute Gasteiger partial charge is 0.481 e. The number of amides is 2. The fourth-order valence-electron chi connectivity index (χ4n) is 11.6. The first-order valence-electron chi connectivity index (χ1n) is 28.6. The number of nitrogens with one attached hydrogen (secondary N) is 3. The molecule has 9 rings (SSSR count). The number of aliphatic carboxylic acids is 1. The number of carboxylic acids is 1. The van der Waals surface area contributed by atoms with Gasteiger partial charge in [0.15, 0.2) is 0 Å². The topological polar surface area (TPSA) is 227 Å². The van der Waals surface area contributed by atoms with Crippen LogP contribution in [0.1, 0.15) is 87.1 Å². The van der Waals surface area contributed by atoms with E-state index in [-0.39, 0.29) is 41.4 Å². The second kappa shape index (κ2) is 27.4. The number of benzene rings is 3. The van der Waals surface area contributed by atoms with E-state index in [1.54, 1.807) is 30.5 Å². The standard InChI is InChI=1S/C59H73ClF3N9O10S2/c1-58(41-70-25-29-72(30-26-70)54(73)7-4-2-3-5-8-55(74)75)19-17-49(42-9-11-45(60)12-10-42)44(38-58)40-69-23-27-71(28-24-69)46-13-15-50(52(36-46)82-47-35-43-18-21-65-56(43)66-39-47)57(76)67-84(79,80)48-14-16-51(53(37-48)83(77,78)59(61,62)63)64-20-6-22-68-31-33-81-34-32-68/h9-16,18,21,35-37,39,64H,2-8,17,19-20,22-34,38,40-41H2,1H3,(H,65,66)(H,67,76)(H,74,75)/t58-/m1/s1. The number of hydrogen-bond acceptors (Lipinski definition) is 15. The molecule has 0 unspecified atom stereocenters. The van der Waals surface area contributed by atoms with Crippen LogP contribution in [0.15, 0.2) is 101 Å². The summed E-state index contributed by atoms with van der Waals surface area (Å²) in [4.78, 5) is 54.4. The Kier molecular flexibility index (Phi) is 20.3. The zero-order valence-corrected chi connectivity index (χ0v) is 49.5. The Balaban J connectivity index is 0.877. The quantitative estimate of drug-likeness (QED) is 0.0423. The number of H-pyrrole nitrogens is 1. The molecule has 0 bridgehead atoms. The molecule has 3 aliphatic heterocycles. The van der Waals surface area contributed by atoms with Crippen LogP contribution in [0.3, 0.4) is 0 Å². The number of ether oxygens (including phenoxy) is 2. The third kappa shape index (κ3) is 16.0. The Hall–Kier alpha value is -6.28. The van der Waals surface area contributed by atoms with Crippen molar-refractivity contribution in [3.05, 3.63) is 107 Å². The Morgan fingerprint density at radius 1 is 0.821 bits per heavy atom. The Labute approximate surface area is 493 Å². The van der Waals surface area contributed by atoms with E-state index in [0.717, 1.165) is 82.4 Å². The number of aromatic nitrogens is 2. The second-order valence-corrected chi connectivity index (χ2v) is 26.5. The molecule has 5 aromatic rings. The van der Waals surface area contributed by atoms with E-state index in [4.69, 9.17) is 26.2 Å². The highest BCUT2D eigenvalue weighted by Gasteiger charge is 2.48. The van der Waals surface area contributed by atoms with Crippen molar-refractivity contribution in [3.8, 4) is 11.5 Å². The molecule has 84 heavy (non-hydrogen) atoms. The van der Waals surface area contributed by atoms with Crippen molar-refractivity contribution in [1.82, 2.24) is 34.3 Å². The highest BCUT2D eigenvalue weighted by Crippen LogP contribution is 2.44. The number of aromatic amines is 1. The van der Waals surface area contributed by atoms with E-state index >= 15 is 0 Å². The molecule has 25 heteroatoms. The van der Waals surface area contributed by atoms with E-state index in [1.807, 2.05) is 21.8 Å². The average Bonchev–Trinajstić information content (AvgIpc) is 1.47. The molecule has 1 atom stereocenters. The summed E-state index contributed by atoms with van der Waals surface area (Å²) in [5, 5.41) is 13.0. The van der Waals surface area contributed by atoms with Gasteiger partial charge < -0.3 is 34.7 Å². The number of allylic oxidation sites excluding steroid dienone is 1. The summed E-state index contributed by atoms with van der Waals surface area (Å²) in [6, 6.07) is 18.5. The lowest BCUT2D eigenvalue weighted by atomic mass is 9.71. The molecule has 454 valence electrons. The van der Waals surface area contributed by atoms with Crippen LogP contribution in [0.25, 0.3) is 16.6 Å². The van der Waals surface area contributed by atoms with Crippen molar-refractivity contribution in [2.24, 2.45) is 5.41 Å². The van der Waals surface area contributed by atoms with Gasteiger partial charge in [-0.15, -0.1) is 0 Å². The normalized spacial score (nSPS) is 19.0. The largest absolute Gasteiger partial charge is 0.501 e. The predicted molar refractivity (Wildman–Crippen MR) is 315 cm³/mol. The van der Waals surface area contributed by atoms with Gasteiger partial charge in [0.25, 0.3) is 25.8 Å². The molecule has 1 aliphatic carbocycles. The molecule has 3 fully saturated rings. The summed E-state index contributed by atoms with van der Waals surface area (Å²) in [5.74, 6) is -1.62. The van der Waals surface area contributed by atoms with Crippen LogP contribution in [-0.2, 0) is 34.2 Å². The van der Waals surface area contributed by atoms with Gasteiger partial charge in [0.2, 0.25) is 5.91 Å². The highest BCUT2D eigenvalue weighted by atomic mass is 35.5. The number of sulfone groups is 1. The molecule has 0 saturated carbocycles. The average molecular weight is 1220 g/mol. The maximum atomic E-state index is 14.2. The van der Waals surface area contributed by atoms with Gasteiger partial charge >= 0.3 is 11.5 Å². The molecular weight excluding hydrogens is 1150 g/mol. The number of halogens is 4. The number of unbranched alkanes of at least 4 members (excludes halogenated alkanes) is 3. The first-order chi connectivity index (χ1) is 40.1. The summed E-state index contributed by atoms with van der Waals surface area (Å²) in [5.41, 5.74) is -1.36. The number of nitrogens with zero attached hydrogens (tertiary/aromatic N) is 6. The number of hydrogen-bond donors (Lipinski definition) is 4. The van der Waals surface area contributed by atoms with Gasteiger partial charge in [-0.25, -0.2) is 26.5 Å². The Morgan fingerprint density at radius 2 is 1.54 bits per heavy atom. The summed E-state index contributed by atoms with van der Waals surface area (Å²) in [6.07, 6.45) is 10.1. The maximum Gasteiger partial charge on any atom is 0.501 e. The summed E-state index contributed by atoms with van der Waals surface area (Å²) in [6.45, 7) is 12.6. The van der Waals surface area contributed by atoms with Gasteiger partial charge in [0.05, 0.1) is 35.6 Å². The fourth-order valence-corrected chi connectivity index (χ4v) is 13.8. The molecule has 3 saturated heterocycles. The molecule has 4 aliphatic rings. The first-order valence-corrected chi connectivity index (χ1v) is 32.0. The minimum atomic E-state index is -6.07. The third-order valence-corrected chi connectivity index (χ3v) is 19.3. The van der Waals surface area contributed by atoms with Crippen LogP contribution in [0, 0.1) is 5.41 Å². The molecule has 0 spiro atoms. The third-order valence-electron chi connectivity index (χ3n) is 16.2. The SMILES string of the molecule is C[C@@]1(CN2CCN(C(=O)CCCCCCC(=O)O)CC2)CCC(c2ccc(Cl)cc2)=C(CN2CCN(c3ccc(C(=O)NS(=O)(=O)c4ccc(NCCCN5CCOCC5)c(S(=O)(=O)C(F)(F)F)c4)c(Oc4cnc5[nH]ccc5c4)c3)CC2)C1. The molecule has 3 aromatic carbocycles. The summed E-state index contributed by atoms with van der Waals surface area (Å²) >= 11 is 6.36. The van der Waals surface area contributed by atoms with Crippen LogP contribution < -0.4 is 19.7 Å². The van der Waals surface area contributed by atoms with E-state index in [1.165, 1.54) is 23.4 Å². The van der Waals surface area contributed by atoms with Crippen LogP contribution >= 0.6 is 11.6 Å². The summed E-state index contributed by atoms with van der Waals surface area (Å²) in [7, 11) is -11.1. The second-order valence-electron chi connectivity index (χ2n) is 22.4. The molecule has 2 aromatic heterocycles. The minimum absolute atomic E-state index is 0.0117. The Morgan fingerprint density at radius 3 is 2.25 bits per heavy atom. The number of carbonyl (C=O) groups excluding carboxylic acids is 2. The fraction of sp³-hybridized carbons (Fsp3) is 0.492. The molecule has 2 amide bonds. The number of pyridine rings is 1. The van der Waals surface area contributed by atoms with Crippen molar-refractivity contribution < 1.29 is 59.0 Å². The zero-order valence-electron chi connectivity index (χ0n) is 47.1.